The van der Waals surface area contributed by atoms with Gasteiger partial charge in [0, 0.05) is 30.2 Å². The first-order chi connectivity index (χ1) is 10.8. The van der Waals surface area contributed by atoms with E-state index in [2.05, 4.69) is 57.0 Å². The molecule has 4 heteroatoms. The number of alkyl halides is 1. The summed E-state index contributed by atoms with van der Waals surface area (Å²) >= 11 is 1.73. The van der Waals surface area contributed by atoms with E-state index in [1.54, 1.807) is 11.3 Å². The second kappa shape index (κ2) is 5.86. The van der Waals surface area contributed by atoms with Crippen LogP contribution in [-0.4, -0.2) is 17.4 Å². The van der Waals surface area contributed by atoms with Crippen LogP contribution in [0.15, 0.2) is 47.2 Å². The number of hydrogen-bond donors (Lipinski definition) is 1. The zero-order valence-corrected chi connectivity index (χ0v) is 13.2. The Bertz CT molecular complexity index is 755. The molecule has 1 aliphatic rings. The van der Waals surface area contributed by atoms with E-state index >= 15 is 0 Å². The van der Waals surface area contributed by atoms with Crippen LogP contribution in [0.5, 0.6) is 0 Å². The van der Waals surface area contributed by atoms with Crippen LogP contribution in [0.1, 0.15) is 30.0 Å². The van der Waals surface area contributed by atoms with Crippen molar-refractivity contribution >= 4 is 22.2 Å². The Morgan fingerprint density at radius 3 is 2.91 bits per heavy atom. The molecule has 3 heterocycles. The molecule has 114 valence electrons. The maximum atomic E-state index is 13.4. The van der Waals surface area contributed by atoms with Crippen LogP contribution in [0.4, 0.5) is 4.39 Å². The molecule has 1 aliphatic heterocycles. The normalized spacial score (nSPS) is 22.2. The molecule has 0 saturated carbocycles. The fraction of sp³-hybridized carbons (Fsp3) is 0.333. The molecular formula is C18H19FN2S. The Balaban J connectivity index is 1.76. The summed E-state index contributed by atoms with van der Waals surface area (Å²) in [5.74, 6) is 0.387. The predicted molar refractivity (Wildman–Crippen MR) is 90.2 cm³/mol. The van der Waals surface area contributed by atoms with Crippen LogP contribution in [0.2, 0.25) is 0 Å². The van der Waals surface area contributed by atoms with Crippen molar-refractivity contribution in [3.05, 3.63) is 58.4 Å². The fourth-order valence-electron chi connectivity index (χ4n) is 3.39. The third-order valence-corrected chi connectivity index (χ3v) is 5.27. The summed E-state index contributed by atoms with van der Waals surface area (Å²) in [6.45, 7) is 1.61. The molecule has 4 rings (SSSR count). The molecule has 0 amide bonds. The molecule has 2 nitrogen and oxygen atoms in total. The van der Waals surface area contributed by atoms with Gasteiger partial charge in [0.2, 0.25) is 0 Å². The largest absolute Gasteiger partial charge is 0.340 e. The summed E-state index contributed by atoms with van der Waals surface area (Å²) in [6, 6.07) is 13.0. The van der Waals surface area contributed by atoms with E-state index in [1.807, 2.05) is 0 Å². The number of nitrogens with one attached hydrogen (secondary N) is 1. The minimum atomic E-state index is -0.842. The molecule has 0 bridgehead atoms. The summed E-state index contributed by atoms with van der Waals surface area (Å²) < 4.78 is 15.8. The van der Waals surface area contributed by atoms with Gasteiger partial charge in [-0.25, -0.2) is 4.39 Å². The van der Waals surface area contributed by atoms with Crippen molar-refractivity contribution in [2.24, 2.45) is 0 Å². The lowest BCUT2D eigenvalue weighted by Gasteiger charge is -2.27. The number of benzene rings is 1. The van der Waals surface area contributed by atoms with Crippen LogP contribution < -0.4 is 5.32 Å². The monoisotopic (exact) mass is 314 g/mol. The van der Waals surface area contributed by atoms with Crippen LogP contribution in [0.3, 0.4) is 0 Å². The van der Waals surface area contributed by atoms with E-state index in [0.29, 0.717) is 12.3 Å². The summed E-state index contributed by atoms with van der Waals surface area (Å²) in [7, 11) is 0. The standard InChI is InChI=1S/C18H19FN2S/c19-18-6-5-15(10-20-18)17-9-14-3-1-2-4-16(14)21(17)11-13-7-8-22-12-13/h1-4,7-9,12,15,18,20H,5-6,10-11H2. The number of aromatic nitrogens is 1. The van der Waals surface area contributed by atoms with Crippen molar-refractivity contribution in [3.8, 4) is 0 Å². The fourth-order valence-corrected chi connectivity index (χ4v) is 4.05. The second-order valence-electron chi connectivity index (χ2n) is 6.00. The third kappa shape index (κ3) is 2.57. The topological polar surface area (TPSA) is 17.0 Å². The van der Waals surface area contributed by atoms with Gasteiger partial charge in [-0.05, 0) is 52.8 Å². The van der Waals surface area contributed by atoms with Crippen molar-refractivity contribution in [1.82, 2.24) is 9.88 Å². The number of para-hydroxylation sites is 1. The van der Waals surface area contributed by atoms with Crippen molar-refractivity contribution in [2.75, 3.05) is 6.54 Å². The number of hydrogen-bond acceptors (Lipinski definition) is 2. The molecule has 0 radical (unpaired) electrons. The number of thiophene rings is 1. The van der Waals surface area contributed by atoms with Gasteiger partial charge in [0.25, 0.3) is 0 Å². The Morgan fingerprint density at radius 2 is 2.14 bits per heavy atom. The summed E-state index contributed by atoms with van der Waals surface area (Å²) in [5, 5.41) is 8.58. The maximum absolute atomic E-state index is 13.4. The first kappa shape index (κ1) is 14.0. The highest BCUT2D eigenvalue weighted by molar-refractivity contribution is 7.07. The van der Waals surface area contributed by atoms with Crippen molar-refractivity contribution in [1.29, 1.82) is 0 Å². The number of piperidine rings is 1. The van der Waals surface area contributed by atoms with Crippen molar-refractivity contribution < 1.29 is 4.39 Å². The molecule has 1 saturated heterocycles. The molecule has 0 aliphatic carbocycles. The van der Waals surface area contributed by atoms with E-state index < -0.39 is 6.30 Å². The Morgan fingerprint density at radius 1 is 1.23 bits per heavy atom. The van der Waals surface area contributed by atoms with Gasteiger partial charge in [-0.2, -0.15) is 11.3 Å². The minimum Gasteiger partial charge on any atom is -0.340 e. The number of fused-ring (bicyclic) bond motifs is 1. The highest BCUT2D eigenvalue weighted by atomic mass is 32.1. The third-order valence-electron chi connectivity index (χ3n) is 4.54. The Labute approximate surface area is 133 Å². The van der Waals surface area contributed by atoms with E-state index in [1.165, 1.54) is 22.2 Å². The molecule has 22 heavy (non-hydrogen) atoms. The average Bonchev–Trinajstić information content (AvgIpc) is 3.17. The molecule has 2 aromatic heterocycles. The molecular weight excluding hydrogens is 295 g/mol. The van der Waals surface area contributed by atoms with Crippen LogP contribution in [0, 0.1) is 0 Å². The molecule has 2 atom stereocenters. The first-order valence-corrected chi connectivity index (χ1v) is 8.72. The molecule has 1 fully saturated rings. The highest BCUT2D eigenvalue weighted by Gasteiger charge is 2.24. The average molecular weight is 314 g/mol. The van der Waals surface area contributed by atoms with E-state index in [0.717, 1.165) is 19.5 Å². The van der Waals surface area contributed by atoms with Gasteiger partial charge < -0.3 is 4.57 Å². The predicted octanol–water partition coefficient (Wildman–Crippen LogP) is 4.51. The van der Waals surface area contributed by atoms with Crippen LogP contribution in [-0.2, 0) is 6.54 Å². The summed E-state index contributed by atoms with van der Waals surface area (Å²) in [5.41, 5.74) is 3.93. The van der Waals surface area contributed by atoms with Gasteiger partial charge in [0.1, 0.15) is 0 Å². The number of halogens is 1. The van der Waals surface area contributed by atoms with E-state index in [-0.39, 0.29) is 0 Å². The first-order valence-electron chi connectivity index (χ1n) is 7.78. The zero-order chi connectivity index (χ0) is 14.9. The van der Waals surface area contributed by atoms with E-state index in [9.17, 15) is 4.39 Å². The molecule has 3 aromatic rings. The lowest BCUT2D eigenvalue weighted by Crippen LogP contribution is -2.35. The Kier molecular flexibility index (Phi) is 3.72. The van der Waals surface area contributed by atoms with Crippen LogP contribution in [0.25, 0.3) is 10.9 Å². The van der Waals surface area contributed by atoms with Gasteiger partial charge in [-0.15, -0.1) is 0 Å². The van der Waals surface area contributed by atoms with Gasteiger partial charge in [0.15, 0.2) is 6.30 Å². The summed E-state index contributed by atoms with van der Waals surface area (Å²) in [6.07, 6.45) is 0.671. The van der Waals surface area contributed by atoms with Gasteiger partial charge in [0.05, 0.1) is 0 Å². The lowest BCUT2D eigenvalue weighted by atomic mass is 9.95. The van der Waals surface area contributed by atoms with Gasteiger partial charge >= 0.3 is 0 Å². The highest BCUT2D eigenvalue weighted by Crippen LogP contribution is 2.31. The van der Waals surface area contributed by atoms with Gasteiger partial charge in [-0.3, -0.25) is 5.32 Å². The quantitative estimate of drug-likeness (QED) is 0.704. The molecule has 1 aromatic carbocycles. The maximum Gasteiger partial charge on any atom is 0.151 e. The van der Waals surface area contributed by atoms with Crippen LogP contribution >= 0.6 is 11.3 Å². The Hall–Kier alpha value is -1.65. The second-order valence-corrected chi connectivity index (χ2v) is 6.78. The number of nitrogens with zero attached hydrogens (tertiary/aromatic N) is 1. The zero-order valence-electron chi connectivity index (χ0n) is 12.3. The smallest absolute Gasteiger partial charge is 0.151 e. The van der Waals surface area contributed by atoms with Crippen molar-refractivity contribution in [2.45, 2.75) is 31.6 Å². The van der Waals surface area contributed by atoms with E-state index in [4.69, 9.17) is 0 Å². The minimum absolute atomic E-state index is 0.387. The lowest BCUT2D eigenvalue weighted by molar-refractivity contribution is 0.207. The molecule has 2 unspecified atom stereocenters. The van der Waals surface area contributed by atoms with Crippen molar-refractivity contribution in [3.63, 3.8) is 0 Å². The van der Waals surface area contributed by atoms with Gasteiger partial charge in [-0.1, -0.05) is 18.2 Å². The molecule has 0 spiro atoms. The SMILES string of the molecule is FC1CCC(c2cc3ccccc3n2Cc2ccsc2)CN1. The number of rotatable bonds is 3. The summed E-state index contributed by atoms with van der Waals surface area (Å²) in [4.78, 5) is 0. The molecule has 1 N–H and O–H groups in total.